The van der Waals surface area contributed by atoms with Crippen molar-refractivity contribution in [1.29, 1.82) is 0 Å². The third kappa shape index (κ3) is 14.4. The molecular weight excluding hydrogens is 1140 g/mol. The van der Waals surface area contributed by atoms with Crippen LogP contribution in [0.15, 0.2) is 104 Å². The molecule has 0 spiro atoms. The van der Waals surface area contributed by atoms with Gasteiger partial charge in [-0.15, -0.1) is 0 Å². The molecule has 4 fully saturated rings. The van der Waals surface area contributed by atoms with Crippen LogP contribution >= 0.6 is 34.8 Å². The summed E-state index contributed by atoms with van der Waals surface area (Å²) in [6.45, 7) is 30.0. The Bertz CT molecular complexity index is 3490. The molecule has 1 amide bonds. The monoisotopic (exact) mass is 1210 g/mol. The number of rotatable bonds is 14. The molecule has 4 saturated heterocycles. The number of aromatic nitrogens is 3. The highest BCUT2D eigenvalue weighted by molar-refractivity contribution is 6.66. The van der Waals surface area contributed by atoms with Crippen molar-refractivity contribution in [3.05, 3.63) is 171 Å². The zero-order valence-corrected chi connectivity index (χ0v) is 50.7. The van der Waals surface area contributed by atoms with E-state index in [0.29, 0.717) is 100 Å². The van der Waals surface area contributed by atoms with Crippen molar-refractivity contribution in [3.8, 4) is 11.9 Å². The molecule has 16 nitrogen and oxygen atoms in total. The number of nitrogens with zero attached hydrogens (tertiary/aromatic N) is 10. The van der Waals surface area contributed by atoms with Crippen molar-refractivity contribution < 1.29 is 28.5 Å². The molecule has 4 aromatic carbocycles. The van der Waals surface area contributed by atoms with Crippen molar-refractivity contribution in [2.24, 2.45) is 5.92 Å². The number of allylic oxidation sites excluding steroid dienone is 1. The van der Waals surface area contributed by atoms with E-state index in [1.807, 2.05) is 30.3 Å². The van der Waals surface area contributed by atoms with E-state index in [0.717, 1.165) is 136 Å². The predicted molar refractivity (Wildman–Crippen MR) is 336 cm³/mol. The highest BCUT2D eigenvalue weighted by Gasteiger charge is 2.37. The van der Waals surface area contributed by atoms with Gasteiger partial charge in [0.15, 0.2) is 0 Å². The molecule has 0 saturated carbocycles. The second-order valence-corrected chi connectivity index (χ2v) is 23.9. The van der Waals surface area contributed by atoms with E-state index in [2.05, 4.69) is 105 Å². The summed E-state index contributed by atoms with van der Waals surface area (Å²) in [6.07, 6.45) is 10.1. The number of carbonyl (C=O) groups is 2. The first-order valence-electron chi connectivity index (χ1n) is 29.4. The zero-order chi connectivity index (χ0) is 59.6. The van der Waals surface area contributed by atoms with Crippen molar-refractivity contribution in [2.75, 3.05) is 96.0 Å². The molecule has 0 bridgehead atoms. The number of hydrogen-bond acceptors (Lipinski definition) is 13. The molecule has 85 heavy (non-hydrogen) atoms. The number of pyridine rings is 1. The fraction of sp³-hybridized carbons (Fsp3) is 0.439. The summed E-state index contributed by atoms with van der Waals surface area (Å²) in [6, 6.07) is 27.4. The Morgan fingerprint density at radius 3 is 1.80 bits per heavy atom. The van der Waals surface area contributed by atoms with Gasteiger partial charge in [0.1, 0.15) is 25.1 Å². The molecule has 444 valence electrons. The number of benzene rings is 4. The topological polar surface area (TPSA) is 135 Å². The number of likely N-dealkylation sites (N-methyl/N-ethyl adjacent to an activating group) is 2. The number of piperidine rings is 1. The zero-order valence-electron chi connectivity index (χ0n) is 48.4. The number of halogens is 3. The van der Waals surface area contributed by atoms with Crippen LogP contribution in [0.2, 0.25) is 10.0 Å². The largest absolute Gasteiger partial charge is 0.476 e. The van der Waals surface area contributed by atoms with Gasteiger partial charge in [-0.3, -0.25) is 9.59 Å². The van der Waals surface area contributed by atoms with Crippen LogP contribution in [0.4, 0.5) is 11.5 Å². The Morgan fingerprint density at radius 1 is 0.671 bits per heavy atom. The number of hydrogen-bond donors (Lipinski definition) is 0. The van der Waals surface area contributed by atoms with Crippen LogP contribution in [0, 0.1) is 19.1 Å². The van der Waals surface area contributed by atoms with Crippen LogP contribution < -0.4 is 19.3 Å². The average molecular weight is 1210 g/mol. The molecule has 2 unspecified atom stereocenters. The van der Waals surface area contributed by atoms with Crippen LogP contribution in [0.5, 0.6) is 11.9 Å². The summed E-state index contributed by atoms with van der Waals surface area (Å²) in [7, 11) is 4.30. The third-order valence-corrected chi connectivity index (χ3v) is 18.2. The van der Waals surface area contributed by atoms with E-state index in [4.69, 9.17) is 81.8 Å². The Hall–Kier alpha value is -6.86. The summed E-state index contributed by atoms with van der Waals surface area (Å²) in [5.41, 5.74) is 7.32. The number of carbonyl (C=O) groups excluding carboxylic acids is 2. The minimum atomic E-state index is -0.509. The van der Waals surface area contributed by atoms with Crippen molar-refractivity contribution in [3.63, 3.8) is 0 Å². The standard InChI is InChI=1S/C32H35ClN6O3.C31H35ClN4O2.C3H3ClO/c1-4-29(40)39-15-14-38(18-23(39)17-34-2)31-25-20-41-28(24-11-5-8-21-9-6-12-26(33)30(21)24)16-27(25)35-32(36-31)42-19-22-10-7-13-37(22)3;1-33-17-21-7-5-14-36(18-21)28-16-30(38-19-23-10-6-13-35(23)2)34-27-15-29(37-20-25(27)28)24-11-3-8-22-9-4-12-26(32)31(22)24;1-2-3(4)5/h4-6,8-9,11-12,22-23,28H,1,7,10,13-20H2,3H3;3-4,8-9,11-12,16,21,23,29H,5-7,10,13-15,17-20H2,2H3;2H,1H2/t22-,23-,28?;21-,23-,29?;/m00./s1. The summed E-state index contributed by atoms with van der Waals surface area (Å²) in [5.74, 6) is 1.70. The Labute approximate surface area is 513 Å². The van der Waals surface area contributed by atoms with Gasteiger partial charge in [-0.05, 0) is 123 Å². The van der Waals surface area contributed by atoms with Gasteiger partial charge in [0, 0.05) is 107 Å². The number of likely N-dealkylation sites (tertiary alicyclic amines) is 2. The molecule has 0 aliphatic carbocycles. The second kappa shape index (κ2) is 28.6. The average Bonchev–Trinajstić information content (AvgIpc) is 2.58. The molecule has 12 rings (SSSR count). The van der Waals surface area contributed by atoms with Crippen LogP contribution in [0.25, 0.3) is 31.2 Å². The molecular formula is C66H73Cl3N10O6. The number of anilines is 2. The summed E-state index contributed by atoms with van der Waals surface area (Å²) in [5, 5.41) is 5.18. The molecule has 2 aromatic heterocycles. The van der Waals surface area contributed by atoms with Crippen molar-refractivity contribution in [2.45, 2.75) is 94.9 Å². The lowest BCUT2D eigenvalue weighted by Crippen LogP contribution is -2.56. The number of ether oxygens (including phenoxy) is 4. The number of fused-ring (bicyclic) bond motifs is 4. The van der Waals surface area contributed by atoms with Crippen molar-refractivity contribution in [1.82, 2.24) is 29.7 Å². The van der Waals surface area contributed by atoms with Gasteiger partial charge in [0.25, 0.3) is 0 Å². The molecule has 19 heteroatoms. The lowest BCUT2D eigenvalue weighted by atomic mass is 9.93. The van der Waals surface area contributed by atoms with E-state index < -0.39 is 5.24 Å². The number of piperazine rings is 1. The first kappa shape index (κ1) is 61.2. The predicted octanol–water partition coefficient (Wildman–Crippen LogP) is 11.9. The maximum absolute atomic E-state index is 12.5. The normalized spacial score (nSPS) is 22.2. The van der Waals surface area contributed by atoms with Crippen LogP contribution in [-0.2, 0) is 45.1 Å². The van der Waals surface area contributed by atoms with E-state index >= 15 is 0 Å². The van der Waals surface area contributed by atoms with Gasteiger partial charge in [-0.25, -0.2) is 18.1 Å². The Kier molecular flexibility index (Phi) is 20.6. The highest BCUT2D eigenvalue weighted by atomic mass is 35.5. The second-order valence-electron chi connectivity index (χ2n) is 22.7. The van der Waals surface area contributed by atoms with E-state index in [1.165, 1.54) is 12.5 Å². The maximum Gasteiger partial charge on any atom is 0.318 e. The molecule has 0 N–H and O–H groups in total. The fourth-order valence-electron chi connectivity index (χ4n) is 12.8. The maximum atomic E-state index is 12.5. The van der Waals surface area contributed by atoms with Gasteiger partial charge >= 0.3 is 6.01 Å². The molecule has 6 aliphatic rings. The lowest BCUT2D eigenvalue weighted by molar-refractivity contribution is -0.128. The SMILES string of the molecule is C=CC(=O)Cl.[C-]#[N+]C[C@@H]1CCCN(c2cc(OC[C@@H]3CCCN3C)nc3c2COC(c2cccc4cccc(Cl)c24)C3)C1.[C-]#[N+]C[C@H]1CN(c2nc(OC[C@@H]3CCCN3C)nc3c2COC(c2cccc4cccc(Cl)c24)C3)CCN1C(=O)C=C. The van der Waals surface area contributed by atoms with Crippen LogP contribution in [0.3, 0.4) is 0 Å². The molecule has 6 atom stereocenters. The van der Waals surface area contributed by atoms with Gasteiger partial charge in [-0.2, -0.15) is 9.97 Å². The first-order valence-corrected chi connectivity index (χ1v) is 30.5. The summed E-state index contributed by atoms with van der Waals surface area (Å²) in [4.78, 5) is 55.2. The van der Waals surface area contributed by atoms with Gasteiger partial charge in [-0.1, -0.05) is 97.0 Å². The minimum absolute atomic E-state index is 0.126. The van der Waals surface area contributed by atoms with E-state index in [9.17, 15) is 9.59 Å². The third-order valence-electron chi connectivity index (χ3n) is 17.4. The van der Waals surface area contributed by atoms with E-state index in [-0.39, 0.29) is 30.7 Å². The quantitative estimate of drug-likeness (QED) is 0.0582. The molecule has 6 aliphatic heterocycles. The van der Waals surface area contributed by atoms with Crippen molar-refractivity contribution >= 4 is 79.0 Å². The van der Waals surface area contributed by atoms with Gasteiger partial charge < -0.3 is 53.1 Å². The molecule has 8 heterocycles. The number of amides is 1. The fourth-order valence-corrected chi connectivity index (χ4v) is 13.4. The highest BCUT2D eigenvalue weighted by Crippen LogP contribution is 2.43. The Balaban J connectivity index is 0.000000176. The van der Waals surface area contributed by atoms with Crippen LogP contribution in [0.1, 0.15) is 84.4 Å². The minimum Gasteiger partial charge on any atom is -0.476 e. The van der Waals surface area contributed by atoms with Gasteiger partial charge in [0.2, 0.25) is 30.1 Å². The van der Waals surface area contributed by atoms with Gasteiger partial charge in [0.05, 0.1) is 36.8 Å². The Morgan fingerprint density at radius 2 is 1.24 bits per heavy atom. The first-order chi connectivity index (χ1) is 41.3. The van der Waals surface area contributed by atoms with Crippen LogP contribution in [-0.4, -0.2) is 145 Å². The van der Waals surface area contributed by atoms with E-state index in [1.54, 1.807) is 4.90 Å². The molecule has 6 aromatic rings. The smallest absolute Gasteiger partial charge is 0.318 e. The summed E-state index contributed by atoms with van der Waals surface area (Å²) >= 11 is 18.0. The summed E-state index contributed by atoms with van der Waals surface area (Å²) < 4.78 is 25.7. The lowest BCUT2D eigenvalue weighted by Gasteiger charge is -2.40. The molecule has 0 radical (unpaired) electrons.